The van der Waals surface area contributed by atoms with E-state index in [9.17, 15) is 22.8 Å². The standard InChI is InChI=1S/C22H24F3N3O3/c1-14(26-20(29)12-7-15-5-9-17(31-4)10-6-15)21(30)27-18-13-16(22(23,24)25)8-11-19(18)28(2)3/h5-14H,1-4H3,(H,26,29)(H,27,30)/b12-7+. The molecule has 31 heavy (non-hydrogen) atoms. The van der Waals surface area contributed by atoms with Crippen LogP contribution in [-0.4, -0.2) is 39.1 Å². The number of nitrogens with one attached hydrogen (secondary N) is 2. The van der Waals surface area contributed by atoms with E-state index in [-0.39, 0.29) is 5.69 Å². The van der Waals surface area contributed by atoms with Gasteiger partial charge in [0.05, 0.1) is 24.0 Å². The number of halogens is 3. The van der Waals surface area contributed by atoms with Crippen molar-refractivity contribution in [1.82, 2.24) is 5.32 Å². The Morgan fingerprint density at radius 3 is 2.29 bits per heavy atom. The van der Waals surface area contributed by atoms with Crippen LogP contribution in [-0.2, 0) is 15.8 Å². The van der Waals surface area contributed by atoms with Gasteiger partial charge in [-0.05, 0) is 48.9 Å². The van der Waals surface area contributed by atoms with Gasteiger partial charge in [-0.3, -0.25) is 9.59 Å². The molecule has 0 aliphatic rings. The van der Waals surface area contributed by atoms with Crippen LogP contribution >= 0.6 is 0 Å². The molecule has 0 radical (unpaired) electrons. The molecule has 2 rings (SSSR count). The van der Waals surface area contributed by atoms with Gasteiger partial charge in [0, 0.05) is 20.2 Å². The molecule has 1 unspecified atom stereocenters. The van der Waals surface area contributed by atoms with Crippen LogP contribution in [0.15, 0.2) is 48.5 Å². The fourth-order valence-corrected chi connectivity index (χ4v) is 2.66. The molecular formula is C22H24F3N3O3. The van der Waals surface area contributed by atoms with Gasteiger partial charge in [-0.15, -0.1) is 0 Å². The number of anilines is 2. The van der Waals surface area contributed by atoms with E-state index >= 15 is 0 Å². The number of nitrogens with zero attached hydrogens (tertiary/aromatic N) is 1. The summed E-state index contributed by atoms with van der Waals surface area (Å²) in [6, 6.07) is 9.11. The molecule has 2 aromatic carbocycles. The van der Waals surface area contributed by atoms with E-state index in [1.165, 1.54) is 19.1 Å². The van der Waals surface area contributed by atoms with Gasteiger partial charge < -0.3 is 20.3 Å². The van der Waals surface area contributed by atoms with Crippen LogP contribution in [0.3, 0.4) is 0 Å². The second-order valence-corrected chi connectivity index (χ2v) is 6.95. The normalized spacial score (nSPS) is 12.4. The molecule has 166 valence electrons. The maximum Gasteiger partial charge on any atom is 0.416 e. The maximum absolute atomic E-state index is 13.0. The van der Waals surface area contributed by atoms with Crippen molar-refractivity contribution in [2.75, 3.05) is 31.4 Å². The van der Waals surface area contributed by atoms with E-state index < -0.39 is 29.6 Å². The first-order chi connectivity index (χ1) is 14.5. The quantitative estimate of drug-likeness (QED) is 0.647. The Balaban J connectivity index is 2.06. The van der Waals surface area contributed by atoms with Crippen molar-refractivity contribution in [2.45, 2.75) is 19.1 Å². The van der Waals surface area contributed by atoms with Crippen molar-refractivity contribution < 1.29 is 27.5 Å². The van der Waals surface area contributed by atoms with Gasteiger partial charge in [0.15, 0.2) is 0 Å². The number of alkyl halides is 3. The molecule has 0 aliphatic heterocycles. The predicted molar refractivity (Wildman–Crippen MR) is 114 cm³/mol. The van der Waals surface area contributed by atoms with Gasteiger partial charge in [0.25, 0.3) is 0 Å². The summed E-state index contributed by atoms with van der Waals surface area (Å²) < 4.78 is 44.2. The lowest BCUT2D eigenvalue weighted by Crippen LogP contribution is -2.41. The molecular weight excluding hydrogens is 411 g/mol. The monoisotopic (exact) mass is 435 g/mol. The minimum absolute atomic E-state index is 0.000279. The molecule has 0 saturated heterocycles. The number of hydrogen-bond donors (Lipinski definition) is 2. The van der Waals surface area contributed by atoms with Crippen LogP contribution < -0.4 is 20.3 Å². The largest absolute Gasteiger partial charge is 0.497 e. The molecule has 0 spiro atoms. The van der Waals surface area contributed by atoms with E-state index in [1.807, 2.05) is 0 Å². The first-order valence-corrected chi connectivity index (χ1v) is 9.33. The third-order valence-electron chi connectivity index (χ3n) is 4.36. The van der Waals surface area contributed by atoms with Crippen LogP contribution in [0.4, 0.5) is 24.5 Å². The summed E-state index contributed by atoms with van der Waals surface area (Å²) in [5.41, 5.74) is 0.277. The number of carbonyl (C=O) groups is 2. The Morgan fingerprint density at radius 2 is 1.74 bits per heavy atom. The van der Waals surface area contributed by atoms with Crippen LogP contribution in [0, 0.1) is 0 Å². The lowest BCUT2D eigenvalue weighted by atomic mass is 10.1. The lowest BCUT2D eigenvalue weighted by Gasteiger charge is -2.21. The fourth-order valence-electron chi connectivity index (χ4n) is 2.66. The van der Waals surface area contributed by atoms with Gasteiger partial charge in [-0.25, -0.2) is 0 Å². The van der Waals surface area contributed by atoms with Crippen molar-refractivity contribution in [2.24, 2.45) is 0 Å². The maximum atomic E-state index is 13.0. The highest BCUT2D eigenvalue weighted by Gasteiger charge is 2.31. The van der Waals surface area contributed by atoms with E-state index in [1.54, 1.807) is 56.4 Å². The zero-order chi connectivity index (χ0) is 23.2. The molecule has 0 aliphatic carbocycles. The average Bonchev–Trinajstić information content (AvgIpc) is 2.71. The minimum Gasteiger partial charge on any atom is -0.497 e. The number of ether oxygens (including phenoxy) is 1. The third-order valence-corrected chi connectivity index (χ3v) is 4.36. The first-order valence-electron chi connectivity index (χ1n) is 9.33. The van der Waals surface area contributed by atoms with Crippen molar-refractivity contribution in [3.8, 4) is 5.75 Å². The average molecular weight is 435 g/mol. The van der Waals surface area contributed by atoms with E-state index in [0.717, 1.165) is 17.7 Å². The molecule has 2 N–H and O–H groups in total. The van der Waals surface area contributed by atoms with Gasteiger partial charge >= 0.3 is 6.18 Å². The fraction of sp³-hybridized carbons (Fsp3) is 0.273. The molecule has 6 nitrogen and oxygen atoms in total. The molecule has 0 saturated carbocycles. The highest BCUT2D eigenvalue weighted by Crippen LogP contribution is 2.35. The second-order valence-electron chi connectivity index (χ2n) is 6.95. The van der Waals surface area contributed by atoms with Crippen LogP contribution in [0.1, 0.15) is 18.1 Å². The number of methoxy groups -OCH3 is 1. The van der Waals surface area contributed by atoms with Crippen molar-refractivity contribution in [1.29, 1.82) is 0 Å². The number of rotatable bonds is 7. The molecule has 0 fully saturated rings. The highest BCUT2D eigenvalue weighted by molar-refractivity contribution is 6.01. The first kappa shape index (κ1) is 23.8. The summed E-state index contributed by atoms with van der Waals surface area (Å²) in [6.07, 6.45) is -1.71. The second kappa shape index (κ2) is 10.0. The minimum atomic E-state index is -4.55. The SMILES string of the molecule is COc1ccc(/C=C/C(=O)NC(C)C(=O)Nc2cc(C(F)(F)F)ccc2N(C)C)cc1. The van der Waals surface area contributed by atoms with E-state index in [4.69, 9.17) is 4.74 Å². The number of hydrogen-bond acceptors (Lipinski definition) is 4. The number of carbonyl (C=O) groups excluding carboxylic acids is 2. The van der Waals surface area contributed by atoms with E-state index in [0.29, 0.717) is 11.4 Å². The molecule has 2 amide bonds. The highest BCUT2D eigenvalue weighted by atomic mass is 19.4. The van der Waals surface area contributed by atoms with Gasteiger partial charge in [0.1, 0.15) is 11.8 Å². The third kappa shape index (κ3) is 6.77. The van der Waals surface area contributed by atoms with Crippen molar-refractivity contribution in [3.63, 3.8) is 0 Å². The summed E-state index contributed by atoms with van der Waals surface area (Å²) in [5, 5.41) is 4.95. The zero-order valence-corrected chi connectivity index (χ0v) is 17.6. The number of benzene rings is 2. The lowest BCUT2D eigenvalue weighted by molar-refractivity contribution is -0.137. The molecule has 2 aromatic rings. The van der Waals surface area contributed by atoms with Gasteiger partial charge in [-0.2, -0.15) is 13.2 Å². The smallest absolute Gasteiger partial charge is 0.416 e. The van der Waals surface area contributed by atoms with Crippen molar-refractivity contribution in [3.05, 3.63) is 59.7 Å². The topological polar surface area (TPSA) is 70.7 Å². The Labute approximate surface area is 178 Å². The molecule has 9 heteroatoms. The zero-order valence-electron chi connectivity index (χ0n) is 17.6. The van der Waals surface area contributed by atoms with Gasteiger partial charge in [-0.1, -0.05) is 12.1 Å². The molecule has 0 bridgehead atoms. The summed E-state index contributed by atoms with van der Waals surface area (Å²) in [5.74, 6) is -0.484. The molecule has 1 atom stereocenters. The van der Waals surface area contributed by atoms with E-state index in [2.05, 4.69) is 10.6 Å². The number of amides is 2. The Bertz CT molecular complexity index is 955. The molecule has 0 aromatic heterocycles. The summed E-state index contributed by atoms with van der Waals surface area (Å²) in [4.78, 5) is 26.2. The van der Waals surface area contributed by atoms with Crippen molar-refractivity contribution >= 4 is 29.3 Å². The summed E-state index contributed by atoms with van der Waals surface area (Å²) in [6.45, 7) is 1.44. The van der Waals surface area contributed by atoms with Crippen LogP contribution in [0.2, 0.25) is 0 Å². The Hall–Kier alpha value is -3.49. The predicted octanol–water partition coefficient (Wildman–Crippen LogP) is 3.94. The van der Waals surface area contributed by atoms with Gasteiger partial charge in [0.2, 0.25) is 11.8 Å². The summed E-state index contributed by atoms with van der Waals surface area (Å²) in [7, 11) is 4.84. The Morgan fingerprint density at radius 1 is 1.10 bits per heavy atom. The van der Waals surface area contributed by atoms with Crippen LogP contribution in [0.25, 0.3) is 6.08 Å². The van der Waals surface area contributed by atoms with Crippen LogP contribution in [0.5, 0.6) is 5.75 Å². The Kier molecular flexibility index (Phi) is 7.68. The summed E-state index contributed by atoms with van der Waals surface area (Å²) >= 11 is 0. The molecule has 0 heterocycles.